The van der Waals surface area contributed by atoms with Gasteiger partial charge in [-0.05, 0) is 48.6 Å². The molecule has 5 nitrogen and oxygen atoms in total. The van der Waals surface area contributed by atoms with Crippen molar-refractivity contribution in [3.8, 4) is 22.7 Å². The van der Waals surface area contributed by atoms with Crippen LogP contribution in [0.4, 0.5) is 22.0 Å². The molecule has 1 fully saturated rings. The molecular formula is C27H20F5N3O2. The van der Waals surface area contributed by atoms with Gasteiger partial charge in [-0.1, -0.05) is 30.3 Å². The van der Waals surface area contributed by atoms with Crippen LogP contribution in [-0.4, -0.2) is 21.1 Å². The molecule has 1 saturated carbocycles. The average molecular weight is 513 g/mol. The number of ether oxygens (including phenoxy) is 2. The van der Waals surface area contributed by atoms with Crippen molar-refractivity contribution in [3.63, 3.8) is 0 Å². The molecule has 0 spiro atoms. The maximum absolute atomic E-state index is 14.4. The van der Waals surface area contributed by atoms with Crippen molar-refractivity contribution in [1.82, 2.24) is 14.8 Å². The van der Waals surface area contributed by atoms with Crippen molar-refractivity contribution >= 4 is 5.76 Å². The second-order valence-corrected chi connectivity index (χ2v) is 8.47. The van der Waals surface area contributed by atoms with Crippen LogP contribution < -0.4 is 4.74 Å². The van der Waals surface area contributed by atoms with Gasteiger partial charge < -0.3 is 9.47 Å². The molecule has 37 heavy (non-hydrogen) atoms. The monoisotopic (exact) mass is 513 g/mol. The summed E-state index contributed by atoms with van der Waals surface area (Å²) in [4.78, 5) is 3.84. The van der Waals surface area contributed by atoms with E-state index < -0.39 is 23.7 Å². The Balaban J connectivity index is 1.61. The normalized spacial score (nSPS) is 13.3. The fourth-order valence-electron chi connectivity index (χ4n) is 3.98. The Hall–Kier alpha value is -4.21. The Bertz CT molecular complexity index is 1440. The average Bonchev–Trinajstić information content (AvgIpc) is 3.25. The van der Waals surface area contributed by atoms with Gasteiger partial charge in [-0.25, -0.2) is 13.5 Å². The highest BCUT2D eigenvalue weighted by Gasteiger charge is 2.32. The molecule has 1 aliphatic carbocycles. The van der Waals surface area contributed by atoms with Crippen molar-refractivity contribution in [2.24, 2.45) is 0 Å². The smallest absolute Gasteiger partial charge is 0.487 e. The van der Waals surface area contributed by atoms with Crippen molar-refractivity contribution in [3.05, 3.63) is 102 Å². The van der Waals surface area contributed by atoms with Gasteiger partial charge in [-0.2, -0.15) is 5.10 Å². The summed E-state index contributed by atoms with van der Waals surface area (Å²) in [6.07, 6.45) is -0.0612. The van der Waals surface area contributed by atoms with E-state index in [4.69, 9.17) is 4.74 Å². The van der Waals surface area contributed by atoms with Crippen molar-refractivity contribution in [1.29, 1.82) is 0 Å². The summed E-state index contributed by atoms with van der Waals surface area (Å²) in [6.45, 7) is 0.271. The summed E-state index contributed by atoms with van der Waals surface area (Å²) in [5.74, 6) is -1.78. The topological polar surface area (TPSA) is 49.2 Å². The minimum Gasteiger partial charge on any atom is -0.487 e. The molecule has 0 unspecified atom stereocenters. The molecule has 0 bridgehead atoms. The second-order valence-electron chi connectivity index (χ2n) is 8.47. The second kappa shape index (κ2) is 10.0. The Labute approximate surface area is 208 Å². The third-order valence-corrected chi connectivity index (χ3v) is 5.78. The van der Waals surface area contributed by atoms with Gasteiger partial charge >= 0.3 is 6.36 Å². The van der Waals surface area contributed by atoms with Crippen molar-refractivity contribution < 1.29 is 31.4 Å². The van der Waals surface area contributed by atoms with Gasteiger partial charge in [0.1, 0.15) is 35.4 Å². The van der Waals surface area contributed by atoms with E-state index in [9.17, 15) is 22.0 Å². The Morgan fingerprint density at radius 3 is 2.38 bits per heavy atom. The van der Waals surface area contributed by atoms with Crippen LogP contribution in [0.15, 0.2) is 78.6 Å². The molecule has 10 heteroatoms. The van der Waals surface area contributed by atoms with Gasteiger partial charge in [0, 0.05) is 17.7 Å². The highest BCUT2D eigenvalue weighted by atomic mass is 19.4. The summed E-state index contributed by atoms with van der Waals surface area (Å²) in [5.41, 5.74) is 2.80. The van der Waals surface area contributed by atoms with Gasteiger partial charge in [-0.3, -0.25) is 4.98 Å². The van der Waals surface area contributed by atoms with Crippen LogP contribution in [-0.2, 0) is 11.3 Å². The lowest BCUT2D eigenvalue weighted by atomic mass is 9.90. The van der Waals surface area contributed by atoms with Gasteiger partial charge in [-0.15, -0.1) is 13.2 Å². The van der Waals surface area contributed by atoms with E-state index in [0.717, 1.165) is 48.7 Å². The van der Waals surface area contributed by atoms with Crippen molar-refractivity contribution in [2.75, 3.05) is 0 Å². The number of hydrogen-bond donors (Lipinski definition) is 0. The van der Waals surface area contributed by atoms with Gasteiger partial charge in [0.2, 0.25) is 0 Å². The standard InChI is InChI=1S/C27H20F5N3O2/c28-20-9-19(10-23(12-20)37-27(30,31)32)25-13-24(34-35(25)22-11-21(29)14-33-15-22)26(18-7-4-8-18)36-16-17-5-2-1-3-6-17/h1-3,5-6,9-15H,4,7-8,16H2. The number of benzene rings is 2. The van der Waals surface area contributed by atoms with E-state index in [-0.39, 0.29) is 23.6 Å². The molecule has 5 rings (SSSR count). The molecule has 4 aromatic rings. The van der Waals surface area contributed by atoms with E-state index in [1.165, 1.54) is 16.9 Å². The molecule has 190 valence electrons. The zero-order valence-corrected chi connectivity index (χ0v) is 19.3. The number of pyridine rings is 1. The van der Waals surface area contributed by atoms with Crippen LogP contribution in [0.25, 0.3) is 22.7 Å². The largest absolute Gasteiger partial charge is 0.573 e. The Morgan fingerprint density at radius 1 is 0.919 bits per heavy atom. The molecule has 2 aromatic heterocycles. The summed E-state index contributed by atoms with van der Waals surface area (Å²) in [6, 6.07) is 15.0. The zero-order valence-electron chi connectivity index (χ0n) is 19.3. The van der Waals surface area contributed by atoms with Crippen LogP contribution in [0.1, 0.15) is 30.5 Å². The summed E-state index contributed by atoms with van der Waals surface area (Å²) in [5, 5.41) is 4.59. The first kappa shape index (κ1) is 24.5. The van der Waals surface area contributed by atoms with Crippen LogP contribution >= 0.6 is 0 Å². The predicted octanol–water partition coefficient (Wildman–Crippen LogP) is 7.22. The van der Waals surface area contributed by atoms with Crippen LogP contribution in [0, 0.1) is 11.6 Å². The molecule has 0 amide bonds. The molecule has 2 heterocycles. The number of nitrogens with zero attached hydrogens (tertiary/aromatic N) is 3. The maximum Gasteiger partial charge on any atom is 0.573 e. The van der Waals surface area contributed by atoms with E-state index >= 15 is 0 Å². The lowest BCUT2D eigenvalue weighted by Crippen LogP contribution is -2.17. The third kappa shape index (κ3) is 5.79. The SMILES string of the molecule is Fc1cc(OC(F)(F)F)cc(-c2cc(C(OCc3ccccc3)=C3CCC3)nn2-c2cncc(F)c2)c1. The first-order valence-electron chi connectivity index (χ1n) is 11.4. The first-order valence-corrected chi connectivity index (χ1v) is 11.4. The number of allylic oxidation sites excluding steroid dienone is 1. The number of alkyl halides is 3. The minimum atomic E-state index is -5.00. The van der Waals surface area contributed by atoms with Gasteiger partial charge in [0.15, 0.2) is 0 Å². The maximum atomic E-state index is 14.4. The molecule has 0 saturated heterocycles. The molecule has 0 radical (unpaired) electrons. The highest BCUT2D eigenvalue weighted by Crippen LogP contribution is 2.37. The van der Waals surface area contributed by atoms with E-state index in [1.54, 1.807) is 6.07 Å². The summed E-state index contributed by atoms with van der Waals surface area (Å²) in [7, 11) is 0. The van der Waals surface area contributed by atoms with E-state index in [2.05, 4.69) is 14.8 Å². The number of hydrogen-bond acceptors (Lipinski definition) is 4. The predicted molar refractivity (Wildman–Crippen MR) is 125 cm³/mol. The highest BCUT2D eigenvalue weighted by molar-refractivity contribution is 5.71. The first-order chi connectivity index (χ1) is 17.7. The van der Waals surface area contributed by atoms with Crippen LogP contribution in [0.2, 0.25) is 0 Å². The summed E-state index contributed by atoms with van der Waals surface area (Å²) >= 11 is 0. The number of aromatic nitrogens is 3. The summed E-state index contributed by atoms with van der Waals surface area (Å²) < 4.78 is 78.3. The molecule has 1 aliphatic rings. The minimum absolute atomic E-state index is 0.0447. The Kier molecular flexibility index (Phi) is 6.64. The molecule has 2 aromatic carbocycles. The molecular weight excluding hydrogens is 493 g/mol. The van der Waals surface area contributed by atoms with Gasteiger partial charge in [0.25, 0.3) is 0 Å². The van der Waals surface area contributed by atoms with Gasteiger partial charge in [0.05, 0.1) is 23.8 Å². The quantitative estimate of drug-likeness (QED) is 0.193. The lowest BCUT2D eigenvalue weighted by molar-refractivity contribution is -0.274. The lowest BCUT2D eigenvalue weighted by Gasteiger charge is -2.21. The van der Waals surface area contributed by atoms with E-state index in [1.807, 2.05) is 30.3 Å². The molecule has 0 N–H and O–H groups in total. The number of halogens is 5. The number of rotatable bonds is 7. The Morgan fingerprint density at radius 2 is 1.70 bits per heavy atom. The fraction of sp³-hybridized carbons (Fsp3) is 0.185. The molecule has 0 atom stereocenters. The van der Waals surface area contributed by atoms with Crippen LogP contribution in [0.3, 0.4) is 0 Å². The third-order valence-electron chi connectivity index (χ3n) is 5.78. The van der Waals surface area contributed by atoms with Crippen molar-refractivity contribution in [2.45, 2.75) is 32.2 Å². The van der Waals surface area contributed by atoms with E-state index in [0.29, 0.717) is 17.5 Å². The van der Waals surface area contributed by atoms with Crippen LogP contribution in [0.5, 0.6) is 5.75 Å². The zero-order chi connectivity index (χ0) is 26.0. The fourth-order valence-corrected chi connectivity index (χ4v) is 3.98. The molecule has 0 aliphatic heterocycles.